The predicted octanol–water partition coefficient (Wildman–Crippen LogP) is 6.91. The summed E-state index contributed by atoms with van der Waals surface area (Å²) in [5.74, 6) is 0.782. The molecule has 0 radical (unpaired) electrons. The zero-order valence-electron chi connectivity index (χ0n) is 15.8. The van der Waals surface area contributed by atoms with Crippen molar-refractivity contribution in [3.63, 3.8) is 0 Å². The summed E-state index contributed by atoms with van der Waals surface area (Å²) in [4.78, 5) is 13.6. The summed E-state index contributed by atoms with van der Waals surface area (Å²) in [6.07, 6.45) is -4.42. The molecule has 0 bridgehead atoms. The number of hydrogen-bond acceptors (Lipinski definition) is 3. The molecule has 0 heterocycles. The lowest BCUT2D eigenvalue weighted by Crippen LogP contribution is -2.13. The van der Waals surface area contributed by atoms with E-state index in [2.05, 4.69) is 5.32 Å². The summed E-state index contributed by atoms with van der Waals surface area (Å²) in [7, 11) is 1.55. The molecule has 0 unspecified atom stereocenters. The number of nitrogens with one attached hydrogen (secondary N) is 1. The minimum absolute atomic E-state index is 0.279. The Labute approximate surface area is 181 Å². The molecule has 0 saturated carbocycles. The van der Waals surface area contributed by atoms with Crippen molar-refractivity contribution in [3.8, 4) is 5.75 Å². The Kier molecular flexibility index (Phi) is 6.95. The van der Waals surface area contributed by atoms with Gasteiger partial charge in [-0.3, -0.25) is 4.79 Å². The van der Waals surface area contributed by atoms with Gasteiger partial charge in [-0.15, -0.1) is 11.8 Å². The molecule has 8 heteroatoms. The van der Waals surface area contributed by atoms with Gasteiger partial charge in [0.15, 0.2) is 0 Å². The van der Waals surface area contributed by atoms with Gasteiger partial charge in [-0.1, -0.05) is 11.6 Å². The molecule has 1 N–H and O–H groups in total. The maximum Gasteiger partial charge on any atom is 0.416 e. The normalized spacial score (nSPS) is 11.2. The molecule has 156 valence electrons. The lowest BCUT2D eigenvalue weighted by molar-refractivity contribution is -0.137. The van der Waals surface area contributed by atoms with E-state index in [-0.39, 0.29) is 5.69 Å². The number of methoxy groups -OCH3 is 1. The molecular formula is C22H17ClF3NO2S. The first-order valence-corrected chi connectivity index (χ1v) is 10.2. The molecule has 30 heavy (non-hydrogen) atoms. The van der Waals surface area contributed by atoms with Crippen LogP contribution in [0.3, 0.4) is 0 Å². The molecule has 0 fully saturated rings. The van der Waals surface area contributed by atoms with Gasteiger partial charge in [-0.05, 0) is 66.7 Å². The largest absolute Gasteiger partial charge is 0.496 e. The molecule has 0 aromatic heterocycles. The van der Waals surface area contributed by atoms with Crippen LogP contribution in [0, 0.1) is 0 Å². The van der Waals surface area contributed by atoms with E-state index < -0.39 is 17.6 Å². The van der Waals surface area contributed by atoms with Gasteiger partial charge in [0, 0.05) is 32.5 Å². The van der Waals surface area contributed by atoms with Gasteiger partial charge in [0.05, 0.1) is 12.7 Å². The Morgan fingerprint density at radius 1 is 1.03 bits per heavy atom. The molecule has 3 nitrogen and oxygen atoms in total. The number of halogens is 4. The Morgan fingerprint density at radius 2 is 1.70 bits per heavy atom. The molecule has 3 aromatic rings. The molecule has 0 aliphatic heterocycles. The van der Waals surface area contributed by atoms with Crippen LogP contribution in [0.5, 0.6) is 5.75 Å². The molecule has 1 amide bonds. The van der Waals surface area contributed by atoms with Gasteiger partial charge in [-0.25, -0.2) is 0 Å². The van der Waals surface area contributed by atoms with E-state index in [0.29, 0.717) is 22.1 Å². The summed E-state index contributed by atoms with van der Waals surface area (Å²) in [6, 6.07) is 16.7. The number of thioether (sulfide) groups is 1. The highest BCUT2D eigenvalue weighted by atomic mass is 35.5. The van der Waals surface area contributed by atoms with E-state index in [1.807, 2.05) is 12.1 Å². The van der Waals surface area contributed by atoms with Crippen molar-refractivity contribution in [2.24, 2.45) is 0 Å². The van der Waals surface area contributed by atoms with Gasteiger partial charge in [0.1, 0.15) is 5.75 Å². The minimum Gasteiger partial charge on any atom is -0.496 e. The fraction of sp³-hybridized carbons (Fsp3) is 0.136. The maximum absolute atomic E-state index is 12.7. The van der Waals surface area contributed by atoms with Crippen LogP contribution in [-0.4, -0.2) is 13.0 Å². The summed E-state index contributed by atoms with van der Waals surface area (Å²) >= 11 is 7.46. The smallest absolute Gasteiger partial charge is 0.416 e. The maximum atomic E-state index is 12.7. The zero-order chi connectivity index (χ0) is 21.7. The van der Waals surface area contributed by atoms with Crippen LogP contribution in [0.25, 0.3) is 0 Å². The van der Waals surface area contributed by atoms with E-state index in [4.69, 9.17) is 16.3 Å². The topological polar surface area (TPSA) is 38.3 Å². The lowest BCUT2D eigenvalue weighted by atomic mass is 10.1. The molecule has 0 spiro atoms. The van der Waals surface area contributed by atoms with Gasteiger partial charge in [0.25, 0.3) is 5.91 Å². The summed E-state index contributed by atoms with van der Waals surface area (Å²) in [5, 5.41) is 3.26. The number of hydrogen-bond donors (Lipinski definition) is 1. The first kappa shape index (κ1) is 22.1. The highest BCUT2D eigenvalue weighted by molar-refractivity contribution is 7.98. The van der Waals surface area contributed by atoms with Crippen LogP contribution in [0.15, 0.2) is 71.6 Å². The van der Waals surface area contributed by atoms with Crippen molar-refractivity contribution in [2.75, 3.05) is 12.4 Å². The van der Waals surface area contributed by atoms with Crippen molar-refractivity contribution in [1.82, 2.24) is 0 Å². The molecule has 3 rings (SSSR count). The quantitative estimate of drug-likeness (QED) is 0.414. The standard InChI is InChI=1S/C22H17ClF3NO2S/c1-29-20-11-2-14(12-15(20)13-30-19-9-5-17(23)6-10-19)21(28)27-18-7-3-16(4-8-18)22(24,25)26/h2-12H,13H2,1H3,(H,27,28). The van der Waals surface area contributed by atoms with Crippen molar-refractivity contribution >= 4 is 35.0 Å². The van der Waals surface area contributed by atoms with Crippen LogP contribution < -0.4 is 10.1 Å². The van der Waals surface area contributed by atoms with Crippen LogP contribution in [0.1, 0.15) is 21.5 Å². The monoisotopic (exact) mass is 451 g/mol. The number of anilines is 1. The highest BCUT2D eigenvalue weighted by Crippen LogP contribution is 2.31. The third kappa shape index (κ3) is 5.70. The van der Waals surface area contributed by atoms with E-state index in [0.717, 1.165) is 22.6 Å². The Hall–Kier alpha value is -2.64. The number of carbonyl (C=O) groups is 1. The number of amides is 1. The SMILES string of the molecule is COc1ccc(C(=O)Nc2ccc(C(F)(F)F)cc2)cc1CSc1ccc(Cl)cc1. The highest BCUT2D eigenvalue weighted by Gasteiger charge is 2.30. The van der Waals surface area contributed by atoms with E-state index >= 15 is 0 Å². The number of benzene rings is 3. The van der Waals surface area contributed by atoms with E-state index in [1.165, 1.54) is 12.1 Å². The van der Waals surface area contributed by atoms with E-state index in [9.17, 15) is 18.0 Å². The third-order valence-electron chi connectivity index (χ3n) is 4.22. The summed E-state index contributed by atoms with van der Waals surface area (Å²) in [5.41, 5.74) is 0.701. The zero-order valence-corrected chi connectivity index (χ0v) is 17.4. The average molecular weight is 452 g/mol. The minimum atomic E-state index is -4.42. The van der Waals surface area contributed by atoms with Gasteiger partial charge >= 0.3 is 6.18 Å². The van der Waals surface area contributed by atoms with Gasteiger partial charge < -0.3 is 10.1 Å². The number of rotatable bonds is 6. The van der Waals surface area contributed by atoms with Crippen LogP contribution in [0.2, 0.25) is 5.02 Å². The molecule has 0 saturated heterocycles. The lowest BCUT2D eigenvalue weighted by Gasteiger charge is -2.12. The first-order valence-electron chi connectivity index (χ1n) is 8.80. The van der Waals surface area contributed by atoms with Crippen LogP contribution in [0.4, 0.5) is 18.9 Å². The van der Waals surface area contributed by atoms with Gasteiger partial charge in [0.2, 0.25) is 0 Å². The van der Waals surface area contributed by atoms with Crippen molar-refractivity contribution < 1.29 is 22.7 Å². The Bertz CT molecular complexity index is 1020. The summed E-state index contributed by atoms with van der Waals surface area (Å²) < 4.78 is 43.4. The number of carbonyl (C=O) groups excluding carboxylic acids is 1. The second-order valence-electron chi connectivity index (χ2n) is 6.30. The third-order valence-corrected chi connectivity index (χ3v) is 5.53. The van der Waals surface area contributed by atoms with Crippen LogP contribution >= 0.6 is 23.4 Å². The average Bonchev–Trinajstić information content (AvgIpc) is 2.73. The molecule has 0 atom stereocenters. The number of ether oxygens (including phenoxy) is 1. The molecule has 0 aliphatic rings. The van der Waals surface area contributed by atoms with Crippen molar-refractivity contribution in [1.29, 1.82) is 0 Å². The van der Waals surface area contributed by atoms with Gasteiger partial charge in [-0.2, -0.15) is 13.2 Å². The summed E-state index contributed by atoms with van der Waals surface area (Å²) in [6.45, 7) is 0. The molecule has 3 aromatic carbocycles. The Morgan fingerprint density at radius 3 is 2.30 bits per heavy atom. The fourth-order valence-electron chi connectivity index (χ4n) is 2.67. The van der Waals surface area contributed by atoms with Crippen molar-refractivity contribution in [2.45, 2.75) is 16.8 Å². The second-order valence-corrected chi connectivity index (χ2v) is 7.78. The first-order chi connectivity index (χ1) is 14.3. The van der Waals surface area contributed by atoms with Crippen molar-refractivity contribution in [3.05, 3.63) is 88.4 Å². The molecular weight excluding hydrogens is 435 g/mol. The second kappa shape index (κ2) is 9.45. The number of alkyl halides is 3. The van der Waals surface area contributed by atoms with E-state index in [1.54, 1.807) is 49.2 Å². The molecule has 0 aliphatic carbocycles. The fourth-order valence-corrected chi connectivity index (χ4v) is 3.67. The van der Waals surface area contributed by atoms with Crippen LogP contribution in [-0.2, 0) is 11.9 Å². The Balaban J connectivity index is 1.72. The predicted molar refractivity (Wildman–Crippen MR) is 113 cm³/mol.